The third kappa shape index (κ3) is 3.41. The van der Waals surface area contributed by atoms with Gasteiger partial charge in [0.05, 0.1) is 0 Å². The molecule has 0 radical (unpaired) electrons. The number of hydrogen-bond donors (Lipinski definition) is 2. The number of nitrogens with two attached hydrogens (primary N) is 1. The quantitative estimate of drug-likeness (QED) is 0.725. The number of fused-ring (bicyclic) bond motifs is 1. The van der Waals surface area contributed by atoms with Gasteiger partial charge in [-0.05, 0) is 37.1 Å². The number of aryl methyl sites for hydroxylation is 1. The van der Waals surface area contributed by atoms with Crippen molar-refractivity contribution in [2.75, 3.05) is 6.61 Å². The van der Waals surface area contributed by atoms with Gasteiger partial charge in [0.1, 0.15) is 23.7 Å². The van der Waals surface area contributed by atoms with Crippen molar-refractivity contribution in [2.45, 2.75) is 19.4 Å². The first-order valence-corrected chi connectivity index (χ1v) is 7.73. The first kappa shape index (κ1) is 16.1. The molecular weight excluding hydrogens is 306 g/mol. The predicted molar refractivity (Wildman–Crippen MR) is 91.5 cm³/mol. The molecular formula is C19H19NO4. The van der Waals surface area contributed by atoms with Crippen LogP contribution < -0.4 is 10.5 Å². The molecule has 3 N–H and O–H groups in total. The van der Waals surface area contributed by atoms with Crippen LogP contribution in [0.5, 0.6) is 5.75 Å². The van der Waals surface area contributed by atoms with Gasteiger partial charge in [0.25, 0.3) is 0 Å². The molecule has 1 aromatic heterocycles. The lowest BCUT2D eigenvalue weighted by atomic mass is 10.1. The van der Waals surface area contributed by atoms with E-state index in [0.717, 1.165) is 10.9 Å². The first-order valence-electron chi connectivity index (χ1n) is 7.73. The fraction of sp³-hybridized carbons (Fsp3) is 0.211. The summed E-state index contributed by atoms with van der Waals surface area (Å²) in [4.78, 5) is 11.6. The molecule has 0 saturated carbocycles. The van der Waals surface area contributed by atoms with E-state index in [1.54, 1.807) is 25.1 Å². The molecule has 0 bridgehead atoms. The second-order valence-corrected chi connectivity index (χ2v) is 5.78. The minimum absolute atomic E-state index is 0.0347. The van der Waals surface area contributed by atoms with Crippen LogP contribution in [0.2, 0.25) is 0 Å². The van der Waals surface area contributed by atoms with E-state index in [9.17, 15) is 9.90 Å². The highest BCUT2D eigenvalue weighted by Crippen LogP contribution is 2.30. The van der Waals surface area contributed by atoms with Gasteiger partial charge >= 0.3 is 5.97 Å². The summed E-state index contributed by atoms with van der Waals surface area (Å²) in [5.41, 5.74) is 7.58. The largest absolute Gasteiger partial charge is 0.491 e. The van der Waals surface area contributed by atoms with E-state index in [1.807, 2.05) is 30.3 Å². The lowest BCUT2D eigenvalue weighted by Gasteiger charge is -2.15. The Labute approximate surface area is 139 Å². The lowest BCUT2D eigenvalue weighted by molar-refractivity contribution is 0.0693. The van der Waals surface area contributed by atoms with Crippen LogP contribution in [0.4, 0.5) is 0 Å². The highest BCUT2D eigenvalue weighted by atomic mass is 16.5. The molecule has 0 fully saturated rings. The fourth-order valence-corrected chi connectivity index (χ4v) is 2.71. The highest BCUT2D eigenvalue weighted by molar-refractivity contribution is 6.04. The Bertz CT molecular complexity index is 854. The second-order valence-electron chi connectivity index (χ2n) is 5.78. The van der Waals surface area contributed by atoms with E-state index >= 15 is 0 Å². The standard InChI is InChI=1S/C19H19NO4/c1-12-9-14-7-8-16(17(19(21)22)18(14)24-12)23-11-15(20)10-13-5-3-2-4-6-13/h2-9,15H,10-11,20H2,1H3,(H,21,22)/t15-/m1/s1. The third-order valence-electron chi connectivity index (χ3n) is 3.78. The maximum Gasteiger partial charge on any atom is 0.343 e. The predicted octanol–water partition coefficient (Wildman–Crippen LogP) is 3.39. The molecule has 24 heavy (non-hydrogen) atoms. The average Bonchev–Trinajstić information content (AvgIpc) is 2.93. The number of carbonyl (C=O) groups is 1. The van der Waals surface area contributed by atoms with Crippen molar-refractivity contribution in [1.29, 1.82) is 0 Å². The van der Waals surface area contributed by atoms with Gasteiger partial charge in [-0.15, -0.1) is 0 Å². The number of aromatic carboxylic acids is 1. The van der Waals surface area contributed by atoms with Crippen LogP contribution in [-0.2, 0) is 6.42 Å². The summed E-state index contributed by atoms with van der Waals surface area (Å²) in [6, 6.07) is 14.9. The molecule has 0 saturated heterocycles. The Kier molecular flexibility index (Phi) is 4.53. The third-order valence-corrected chi connectivity index (χ3v) is 3.78. The second kappa shape index (κ2) is 6.76. The van der Waals surface area contributed by atoms with E-state index in [2.05, 4.69) is 0 Å². The summed E-state index contributed by atoms with van der Waals surface area (Å²) >= 11 is 0. The summed E-state index contributed by atoms with van der Waals surface area (Å²) in [7, 11) is 0. The molecule has 124 valence electrons. The van der Waals surface area contributed by atoms with E-state index < -0.39 is 5.97 Å². The molecule has 0 amide bonds. The molecule has 0 aliphatic heterocycles. The maximum absolute atomic E-state index is 11.6. The van der Waals surface area contributed by atoms with Crippen LogP contribution in [-0.4, -0.2) is 23.7 Å². The normalized spacial score (nSPS) is 12.2. The lowest BCUT2D eigenvalue weighted by Crippen LogP contribution is -2.30. The van der Waals surface area contributed by atoms with Gasteiger partial charge in [-0.3, -0.25) is 0 Å². The van der Waals surface area contributed by atoms with Crippen LogP contribution in [0.3, 0.4) is 0 Å². The molecule has 3 rings (SSSR count). The zero-order chi connectivity index (χ0) is 17.1. The SMILES string of the molecule is Cc1cc2ccc(OC[C@H](N)Cc3ccccc3)c(C(=O)O)c2o1. The van der Waals surface area contributed by atoms with Gasteiger partial charge in [-0.25, -0.2) is 4.79 Å². The Morgan fingerprint density at radius 3 is 2.71 bits per heavy atom. The van der Waals surface area contributed by atoms with Crippen molar-refractivity contribution in [2.24, 2.45) is 5.73 Å². The number of furan rings is 1. The zero-order valence-corrected chi connectivity index (χ0v) is 13.4. The molecule has 0 unspecified atom stereocenters. The number of carboxylic acids is 1. The summed E-state index contributed by atoms with van der Waals surface area (Å²) in [5, 5.41) is 10.2. The van der Waals surface area contributed by atoms with Crippen molar-refractivity contribution < 1.29 is 19.1 Å². The van der Waals surface area contributed by atoms with Gasteiger partial charge in [0.2, 0.25) is 0 Å². The minimum atomic E-state index is -1.08. The number of rotatable bonds is 6. The van der Waals surface area contributed by atoms with Gasteiger partial charge in [-0.1, -0.05) is 30.3 Å². The summed E-state index contributed by atoms with van der Waals surface area (Å²) in [6.07, 6.45) is 0.658. The van der Waals surface area contributed by atoms with Crippen LogP contribution >= 0.6 is 0 Å². The number of ether oxygens (including phenoxy) is 1. The monoisotopic (exact) mass is 325 g/mol. The summed E-state index contributed by atoms with van der Waals surface area (Å²) in [5.74, 6) is -0.153. The van der Waals surface area contributed by atoms with Crippen molar-refractivity contribution in [3.8, 4) is 5.75 Å². The van der Waals surface area contributed by atoms with E-state index in [0.29, 0.717) is 17.8 Å². The molecule has 5 nitrogen and oxygen atoms in total. The topological polar surface area (TPSA) is 85.7 Å². The Hall–Kier alpha value is -2.79. The van der Waals surface area contributed by atoms with E-state index in [1.165, 1.54) is 0 Å². The van der Waals surface area contributed by atoms with E-state index in [4.69, 9.17) is 14.9 Å². The van der Waals surface area contributed by atoms with E-state index in [-0.39, 0.29) is 24.0 Å². The molecule has 2 aromatic carbocycles. The molecule has 1 heterocycles. The summed E-state index contributed by atoms with van der Waals surface area (Å²) < 4.78 is 11.2. The molecule has 0 aliphatic rings. The van der Waals surface area contributed by atoms with Crippen molar-refractivity contribution >= 4 is 16.9 Å². The zero-order valence-electron chi connectivity index (χ0n) is 13.4. The molecule has 0 aliphatic carbocycles. The van der Waals surface area contributed by atoms with Crippen molar-refractivity contribution in [1.82, 2.24) is 0 Å². The van der Waals surface area contributed by atoms with Crippen molar-refractivity contribution in [3.63, 3.8) is 0 Å². The van der Waals surface area contributed by atoms with Crippen LogP contribution in [0.1, 0.15) is 21.7 Å². The molecule has 5 heteroatoms. The molecule has 3 aromatic rings. The van der Waals surface area contributed by atoms with Gasteiger partial charge in [0.15, 0.2) is 5.58 Å². The van der Waals surface area contributed by atoms with Gasteiger partial charge < -0.3 is 20.0 Å². The van der Waals surface area contributed by atoms with Crippen LogP contribution in [0, 0.1) is 6.92 Å². The maximum atomic E-state index is 11.6. The Morgan fingerprint density at radius 1 is 1.25 bits per heavy atom. The van der Waals surface area contributed by atoms with Crippen LogP contribution in [0.15, 0.2) is 52.9 Å². The molecule has 0 spiro atoms. The van der Waals surface area contributed by atoms with Gasteiger partial charge in [-0.2, -0.15) is 0 Å². The minimum Gasteiger partial charge on any atom is -0.491 e. The summed E-state index contributed by atoms with van der Waals surface area (Å²) in [6.45, 7) is 2.00. The highest BCUT2D eigenvalue weighted by Gasteiger charge is 2.20. The Morgan fingerprint density at radius 2 is 2.00 bits per heavy atom. The first-order chi connectivity index (χ1) is 11.5. The fourth-order valence-electron chi connectivity index (χ4n) is 2.71. The number of carboxylic acid groups (broad SMARTS) is 1. The molecule has 1 atom stereocenters. The average molecular weight is 325 g/mol. The Balaban J connectivity index is 1.77. The smallest absolute Gasteiger partial charge is 0.343 e. The van der Waals surface area contributed by atoms with Crippen LogP contribution in [0.25, 0.3) is 11.0 Å². The number of benzene rings is 2. The van der Waals surface area contributed by atoms with Crippen molar-refractivity contribution in [3.05, 3.63) is 65.4 Å². The van der Waals surface area contributed by atoms with Gasteiger partial charge in [0, 0.05) is 11.4 Å². The number of hydrogen-bond acceptors (Lipinski definition) is 4.